The Balaban J connectivity index is 1.85. The summed E-state index contributed by atoms with van der Waals surface area (Å²) in [5, 5.41) is 9.48. The van der Waals surface area contributed by atoms with Crippen molar-refractivity contribution in [2.24, 2.45) is 0 Å². The van der Waals surface area contributed by atoms with Gasteiger partial charge in [-0.25, -0.2) is 9.78 Å². The van der Waals surface area contributed by atoms with E-state index in [-0.39, 0.29) is 12.2 Å². The molecule has 2 heterocycles. The lowest BCUT2D eigenvalue weighted by Gasteiger charge is -2.46. The van der Waals surface area contributed by atoms with Gasteiger partial charge < -0.3 is 14.7 Å². The van der Waals surface area contributed by atoms with Crippen LogP contribution in [0.1, 0.15) is 26.1 Å². The van der Waals surface area contributed by atoms with Crippen LogP contribution in [0.15, 0.2) is 0 Å². The van der Waals surface area contributed by atoms with Gasteiger partial charge in [-0.3, -0.25) is 0 Å². The van der Waals surface area contributed by atoms with E-state index in [1.807, 2.05) is 6.92 Å². The van der Waals surface area contributed by atoms with Crippen LogP contribution in [-0.4, -0.2) is 45.7 Å². The highest BCUT2D eigenvalue weighted by atomic mass is 32.1. The molecule has 0 spiro atoms. The van der Waals surface area contributed by atoms with Crippen molar-refractivity contribution in [2.45, 2.75) is 32.3 Å². The molecule has 1 fully saturated rings. The summed E-state index contributed by atoms with van der Waals surface area (Å²) < 4.78 is 9.63. The maximum Gasteiger partial charge on any atom is 0.329 e. The molecule has 0 radical (unpaired) electrons. The fraction of sp³-hybridized carbons (Fsp3) is 0.727. The summed E-state index contributed by atoms with van der Waals surface area (Å²) in [6.07, 6.45) is 1.94. The van der Waals surface area contributed by atoms with Gasteiger partial charge in [-0.2, -0.15) is 4.37 Å². The van der Waals surface area contributed by atoms with Gasteiger partial charge in [-0.1, -0.05) is 6.92 Å². The number of carbonyl (C=O) groups is 1. The molecule has 0 atom stereocenters. The predicted molar refractivity (Wildman–Crippen MR) is 68.1 cm³/mol. The number of hydrogen-bond acceptors (Lipinski definition) is 6. The van der Waals surface area contributed by atoms with Crippen LogP contribution in [0.2, 0.25) is 0 Å². The number of anilines is 1. The summed E-state index contributed by atoms with van der Waals surface area (Å²) in [4.78, 5) is 17.0. The fourth-order valence-electron chi connectivity index (χ4n) is 1.92. The zero-order valence-electron chi connectivity index (χ0n) is 10.5. The van der Waals surface area contributed by atoms with Crippen molar-refractivity contribution in [1.29, 1.82) is 0 Å². The van der Waals surface area contributed by atoms with E-state index in [0.717, 1.165) is 23.8 Å². The first-order valence-electron chi connectivity index (χ1n) is 5.96. The van der Waals surface area contributed by atoms with Crippen LogP contribution in [0.25, 0.3) is 0 Å². The number of rotatable bonds is 6. The minimum Gasteiger partial charge on any atom is -0.480 e. The van der Waals surface area contributed by atoms with Crippen molar-refractivity contribution in [2.75, 3.05) is 24.6 Å². The van der Waals surface area contributed by atoms with Crippen molar-refractivity contribution in [3.63, 3.8) is 0 Å². The first kappa shape index (κ1) is 13.2. The summed E-state index contributed by atoms with van der Waals surface area (Å²) in [5.74, 6) is -0.0478. The molecule has 0 unspecified atom stereocenters. The SMILES string of the molecule is CCCc1nsc(N2CC(C)(OCC(=O)O)C2)n1. The minimum absolute atomic E-state index is 0.248. The van der Waals surface area contributed by atoms with E-state index in [0.29, 0.717) is 13.1 Å². The second-order valence-electron chi connectivity index (χ2n) is 4.73. The molecule has 1 aliphatic rings. The third kappa shape index (κ3) is 2.97. The van der Waals surface area contributed by atoms with Crippen LogP contribution in [0.3, 0.4) is 0 Å². The minimum atomic E-state index is -0.934. The number of carboxylic acids is 1. The molecule has 6 nitrogen and oxygen atoms in total. The zero-order valence-corrected chi connectivity index (χ0v) is 11.4. The number of aliphatic carboxylic acids is 1. The number of carboxylic acid groups (broad SMARTS) is 1. The van der Waals surface area contributed by atoms with Crippen molar-refractivity contribution in [1.82, 2.24) is 9.36 Å². The maximum absolute atomic E-state index is 10.5. The average molecular weight is 271 g/mol. The average Bonchev–Trinajstić information content (AvgIpc) is 2.71. The summed E-state index contributed by atoms with van der Waals surface area (Å²) >= 11 is 1.39. The van der Waals surface area contributed by atoms with Crippen LogP contribution >= 0.6 is 11.5 Å². The second kappa shape index (κ2) is 5.19. The molecule has 0 amide bonds. The Labute approximate surface area is 110 Å². The Bertz CT molecular complexity index is 429. The van der Waals surface area contributed by atoms with Crippen molar-refractivity contribution >= 4 is 22.6 Å². The third-order valence-electron chi connectivity index (χ3n) is 2.80. The maximum atomic E-state index is 10.5. The summed E-state index contributed by atoms with van der Waals surface area (Å²) in [6.45, 7) is 5.10. The van der Waals surface area contributed by atoms with Crippen LogP contribution in [0.4, 0.5) is 5.13 Å². The largest absolute Gasteiger partial charge is 0.480 e. The Morgan fingerprint density at radius 2 is 2.33 bits per heavy atom. The fourth-order valence-corrected chi connectivity index (χ4v) is 2.63. The van der Waals surface area contributed by atoms with Crippen molar-refractivity contribution < 1.29 is 14.6 Å². The molecule has 1 aliphatic heterocycles. The highest BCUT2D eigenvalue weighted by Gasteiger charge is 2.41. The molecule has 1 aromatic rings. The smallest absolute Gasteiger partial charge is 0.329 e. The zero-order chi connectivity index (χ0) is 13.2. The van der Waals surface area contributed by atoms with Gasteiger partial charge in [0, 0.05) is 18.0 Å². The predicted octanol–water partition coefficient (Wildman–Crippen LogP) is 1.17. The van der Waals surface area contributed by atoms with Crippen LogP contribution in [-0.2, 0) is 16.0 Å². The van der Waals surface area contributed by atoms with E-state index < -0.39 is 5.97 Å². The van der Waals surface area contributed by atoms with E-state index in [4.69, 9.17) is 9.84 Å². The molecule has 18 heavy (non-hydrogen) atoms. The number of aryl methyl sites for hydroxylation is 1. The van der Waals surface area contributed by atoms with Gasteiger partial charge in [0.1, 0.15) is 18.0 Å². The highest BCUT2D eigenvalue weighted by molar-refractivity contribution is 7.09. The number of ether oxygens (including phenoxy) is 1. The first-order chi connectivity index (χ1) is 8.52. The van der Waals surface area contributed by atoms with Gasteiger partial charge in [0.2, 0.25) is 5.13 Å². The normalized spacial score (nSPS) is 17.6. The first-order valence-corrected chi connectivity index (χ1v) is 6.73. The number of nitrogens with zero attached hydrogens (tertiary/aromatic N) is 3. The Kier molecular flexibility index (Phi) is 3.82. The second-order valence-corrected chi connectivity index (χ2v) is 5.46. The molecule has 100 valence electrons. The lowest BCUT2D eigenvalue weighted by Crippen LogP contribution is -2.62. The van der Waals surface area contributed by atoms with Gasteiger partial charge in [0.05, 0.1) is 13.1 Å². The molecule has 7 heteroatoms. The van der Waals surface area contributed by atoms with E-state index >= 15 is 0 Å². The number of aromatic nitrogens is 2. The topological polar surface area (TPSA) is 75.6 Å². The van der Waals surface area contributed by atoms with Crippen LogP contribution < -0.4 is 4.90 Å². The highest BCUT2D eigenvalue weighted by Crippen LogP contribution is 2.31. The molecule has 0 aliphatic carbocycles. The molecular formula is C11H17N3O3S. The molecule has 1 N–H and O–H groups in total. The van der Waals surface area contributed by atoms with E-state index in [9.17, 15) is 4.79 Å². The van der Waals surface area contributed by atoms with E-state index in [2.05, 4.69) is 21.2 Å². The molecule has 0 saturated carbocycles. The lowest BCUT2D eigenvalue weighted by atomic mass is 9.97. The van der Waals surface area contributed by atoms with Crippen LogP contribution in [0, 0.1) is 0 Å². The molecule has 0 aromatic carbocycles. The van der Waals surface area contributed by atoms with Gasteiger partial charge in [0.15, 0.2) is 0 Å². The molecule has 0 bridgehead atoms. The molecule has 1 saturated heterocycles. The Hall–Kier alpha value is -1.21. The Morgan fingerprint density at radius 1 is 1.61 bits per heavy atom. The monoisotopic (exact) mass is 271 g/mol. The third-order valence-corrected chi connectivity index (χ3v) is 3.61. The summed E-state index contributed by atoms with van der Waals surface area (Å²) in [7, 11) is 0. The molecule has 2 rings (SSSR count). The lowest BCUT2D eigenvalue weighted by molar-refractivity contribution is -0.150. The standard InChI is InChI=1S/C11H17N3O3S/c1-3-4-8-12-10(18-13-8)14-6-11(2,7-14)17-5-9(15)16/h3-7H2,1-2H3,(H,15,16). The van der Waals surface area contributed by atoms with Crippen molar-refractivity contribution in [3.05, 3.63) is 5.82 Å². The van der Waals surface area contributed by atoms with Gasteiger partial charge in [0.25, 0.3) is 0 Å². The van der Waals surface area contributed by atoms with Crippen LogP contribution in [0.5, 0.6) is 0 Å². The van der Waals surface area contributed by atoms with Crippen molar-refractivity contribution in [3.8, 4) is 0 Å². The van der Waals surface area contributed by atoms with Gasteiger partial charge in [-0.15, -0.1) is 0 Å². The van der Waals surface area contributed by atoms with E-state index in [1.165, 1.54) is 11.5 Å². The van der Waals surface area contributed by atoms with E-state index in [1.54, 1.807) is 0 Å². The van der Waals surface area contributed by atoms with Gasteiger partial charge >= 0.3 is 5.97 Å². The van der Waals surface area contributed by atoms with Gasteiger partial charge in [-0.05, 0) is 13.3 Å². The quantitative estimate of drug-likeness (QED) is 0.837. The number of hydrogen-bond donors (Lipinski definition) is 1. The Morgan fingerprint density at radius 3 is 2.94 bits per heavy atom. The molecule has 1 aromatic heterocycles. The summed E-state index contributed by atoms with van der Waals surface area (Å²) in [6, 6.07) is 0. The molecular weight excluding hydrogens is 254 g/mol. The summed E-state index contributed by atoms with van der Waals surface area (Å²) in [5.41, 5.74) is -0.380.